The molecular weight excluding hydrogens is 344 g/mol. The predicted octanol–water partition coefficient (Wildman–Crippen LogP) is 0.564. The summed E-state index contributed by atoms with van der Waals surface area (Å²) in [5.74, 6) is -2.13. The fourth-order valence-electron chi connectivity index (χ4n) is 1.46. The molecule has 0 amide bonds. The molecule has 0 aromatic carbocycles. The minimum Gasteiger partial charge on any atom is -0.466 e. The highest BCUT2D eigenvalue weighted by atomic mass is 35.5. The van der Waals surface area contributed by atoms with Crippen LogP contribution in [0, 0.1) is 0 Å². The molecule has 2 atom stereocenters. The van der Waals surface area contributed by atoms with Crippen molar-refractivity contribution in [3.63, 3.8) is 0 Å². The van der Waals surface area contributed by atoms with Gasteiger partial charge in [0.25, 0.3) is 0 Å². The quantitative estimate of drug-likeness (QED) is 0.321. The van der Waals surface area contributed by atoms with Crippen molar-refractivity contribution in [2.24, 2.45) is 5.10 Å². The minimum absolute atomic E-state index is 0.197. The first-order valence-electron chi connectivity index (χ1n) is 6.54. The molecule has 130 valence electrons. The van der Waals surface area contributed by atoms with Gasteiger partial charge in [-0.1, -0.05) is 11.6 Å². The number of nitrogens with one attached hydrogen (secondary N) is 1. The number of carbonyl (C=O) groups is 3. The van der Waals surface area contributed by atoms with Gasteiger partial charge in [0.15, 0.2) is 17.1 Å². The highest BCUT2D eigenvalue weighted by Crippen LogP contribution is 2.08. The Balaban J connectivity index is 2.90. The lowest BCUT2D eigenvalue weighted by atomic mass is 10.2. The van der Waals surface area contributed by atoms with Gasteiger partial charge < -0.3 is 14.2 Å². The van der Waals surface area contributed by atoms with Crippen LogP contribution < -0.4 is 5.43 Å². The number of hydrazone groups is 1. The van der Waals surface area contributed by atoms with Gasteiger partial charge in [-0.2, -0.15) is 5.10 Å². The third-order valence-corrected chi connectivity index (χ3v) is 2.56. The van der Waals surface area contributed by atoms with E-state index in [4.69, 9.17) is 21.1 Å². The summed E-state index contributed by atoms with van der Waals surface area (Å²) in [6, 6.07) is 2.98. The first kappa shape index (κ1) is 19.3. The van der Waals surface area contributed by atoms with Crippen LogP contribution >= 0.6 is 11.6 Å². The summed E-state index contributed by atoms with van der Waals surface area (Å²) in [6.45, 7) is 2.22. The fourth-order valence-corrected chi connectivity index (χ4v) is 1.56. The molecule has 24 heavy (non-hydrogen) atoms. The fraction of sp³-hybridized carbons (Fsp3) is 0.385. The molecule has 0 aliphatic carbocycles. The van der Waals surface area contributed by atoms with Crippen LogP contribution in [0.1, 0.15) is 13.8 Å². The van der Waals surface area contributed by atoms with E-state index in [0.717, 1.165) is 27.2 Å². The molecule has 0 saturated heterocycles. The summed E-state index contributed by atoms with van der Waals surface area (Å²) < 4.78 is 14.3. The highest BCUT2D eigenvalue weighted by molar-refractivity contribution is 6.29. The Morgan fingerprint density at radius 3 is 2.38 bits per heavy atom. The number of halogens is 1. The first-order chi connectivity index (χ1) is 11.3. The summed E-state index contributed by atoms with van der Waals surface area (Å²) in [4.78, 5) is 34.1. The topological polar surface area (TPSA) is 129 Å². The van der Waals surface area contributed by atoms with Gasteiger partial charge in [-0.25, -0.2) is 4.79 Å². The van der Waals surface area contributed by atoms with E-state index >= 15 is 0 Å². The van der Waals surface area contributed by atoms with E-state index < -0.39 is 30.1 Å². The number of hydrogen-bond donors (Lipinski definition) is 1. The molecule has 1 N–H and O–H groups in total. The molecule has 0 unspecified atom stereocenters. The molecule has 0 radical (unpaired) electrons. The Hall–Kier alpha value is -2.75. The number of anilines is 1. The number of methoxy groups -OCH3 is 1. The molecule has 0 aliphatic heterocycles. The molecule has 1 heterocycles. The molecular formula is C13H15ClN4O6. The van der Waals surface area contributed by atoms with E-state index in [1.54, 1.807) is 0 Å². The van der Waals surface area contributed by atoms with Crippen molar-refractivity contribution in [2.45, 2.75) is 26.1 Å². The summed E-state index contributed by atoms with van der Waals surface area (Å²) in [5, 5.41) is 11.3. The van der Waals surface area contributed by atoms with Crippen LogP contribution in [0.3, 0.4) is 0 Å². The summed E-state index contributed by atoms with van der Waals surface area (Å²) in [6.07, 6.45) is -1.74. The van der Waals surface area contributed by atoms with Crippen molar-refractivity contribution in [3.05, 3.63) is 17.3 Å². The largest absolute Gasteiger partial charge is 0.466 e. The van der Waals surface area contributed by atoms with Crippen LogP contribution in [0.15, 0.2) is 17.2 Å². The van der Waals surface area contributed by atoms with Crippen molar-refractivity contribution < 1.29 is 28.6 Å². The second-order valence-electron chi connectivity index (χ2n) is 4.26. The van der Waals surface area contributed by atoms with Gasteiger partial charge >= 0.3 is 17.9 Å². The first-order valence-corrected chi connectivity index (χ1v) is 6.92. The molecule has 0 spiro atoms. The van der Waals surface area contributed by atoms with E-state index in [0.29, 0.717) is 0 Å². The van der Waals surface area contributed by atoms with Crippen molar-refractivity contribution in [2.75, 3.05) is 12.5 Å². The molecule has 1 rings (SSSR count). The van der Waals surface area contributed by atoms with Gasteiger partial charge in [0, 0.05) is 13.8 Å². The maximum atomic E-state index is 11.7. The van der Waals surface area contributed by atoms with Crippen LogP contribution in [0.5, 0.6) is 0 Å². The summed E-state index contributed by atoms with van der Waals surface area (Å²) in [7, 11) is 1.10. The van der Waals surface area contributed by atoms with E-state index in [1.807, 2.05) is 0 Å². The number of hydrogen-bond acceptors (Lipinski definition) is 10. The van der Waals surface area contributed by atoms with E-state index in [1.165, 1.54) is 12.1 Å². The third-order valence-electron chi connectivity index (χ3n) is 2.36. The van der Waals surface area contributed by atoms with Gasteiger partial charge in [0.1, 0.15) is 0 Å². The van der Waals surface area contributed by atoms with E-state index in [9.17, 15) is 14.4 Å². The third kappa shape index (κ3) is 6.57. The zero-order valence-corrected chi connectivity index (χ0v) is 13.8. The zero-order valence-electron chi connectivity index (χ0n) is 13.1. The van der Waals surface area contributed by atoms with Gasteiger partial charge in [0.2, 0.25) is 6.10 Å². The lowest BCUT2D eigenvalue weighted by molar-refractivity contribution is -0.174. The molecule has 0 fully saturated rings. The number of esters is 3. The smallest absolute Gasteiger partial charge is 0.351 e. The monoisotopic (exact) mass is 358 g/mol. The normalized spacial score (nSPS) is 13.0. The lowest BCUT2D eigenvalue weighted by Gasteiger charge is -2.21. The van der Waals surface area contributed by atoms with E-state index in [-0.39, 0.29) is 11.0 Å². The molecule has 0 saturated carbocycles. The highest BCUT2D eigenvalue weighted by Gasteiger charge is 2.34. The number of ether oxygens (including phenoxy) is 3. The lowest BCUT2D eigenvalue weighted by Crippen LogP contribution is -2.42. The van der Waals surface area contributed by atoms with Gasteiger partial charge in [-0.15, -0.1) is 10.2 Å². The number of nitrogens with zero attached hydrogens (tertiary/aromatic N) is 3. The van der Waals surface area contributed by atoms with E-state index in [2.05, 4.69) is 25.5 Å². The summed E-state index contributed by atoms with van der Waals surface area (Å²) in [5.41, 5.74) is 2.49. The second-order valence-corrected chi connectivity index (χ2v) is 4.65. The molecule has 11 heteroatoms. The Bertz CT molecular complexity index is 621. The maximum Gasteiger partial charge on any atom is 0.351 e. The number of aromatic nitrogens is 2. The van der Waals surface area contributed by atoms with Crippen LogP contribution in [0.4, 0.5) is 5.82 Å². The van der Waals surface area contributed by atoms with Gasteiger partial charge in [-0.3, -0.25) is 15.0 Å². The van der Waals surface area contributed by atoms with Crippen molar-refractivity contribution in [1.29, 1.82) is 0 Å². The average molecular weight is 359 g/mol. The van der Waals surface area contributed by atoms with Gasteiger partial charge in [-0.05, 0) is 12.1 Å². The van der Waals surface area contributed by atoms with Crippen molar-refractivity contribution in [1.82, 2.24) is 10.2 Å². The van der Waals surface area contributed by atoms with Crippen LogP contribution in [0.25, 0.3) is 0 Å². The minimum atomic E-state index is -1.50. The summed E-state index contributed by atoms with van der Waals surface area (Å²) >= 11 is 5.60. The van der Waals surface area contributed by atoms with Crippen LogP contribution in [-0.2, 0) is 28.6 Å². The predicted molar refractivity (Wildman–Crippen MR) is 82.3 cm³/mol. The zero-order chi connectivity index (χ0) is 18.1. The number of carbonyl (C=O) groups excluding carboxylic acids is 3. The van der Waals surface area contributed by atoms with Gasteiger partial charge in [0.05, 0.1) is 13.3 Å². The van der Waals surface area contributed by atoms with Crippen molar-refractivity contribution in [3.8, 4) is 0 Å². The number of rotatable bonds is 7. The maximum absolute atomic E-state index is 11.7. The molecule has 0 aliphatic rings. The Kier molecular flexibility index (Phi) is 7.56. The standard InChI is InChI=1S/C13H15ClN4O6/c1-7(19)23-9(12(13(21)22-3)24-8(2)20)6-15-17-11-5-4-10(14)16-18-11/h4-6,9,12H,1-3H3,(H,17,18)/b15-6+/t9-,12-/m0/s1. The van der Waals surface area contributed by atoms with Crippen molar-refractivity contribution >= 4 is 41.5 Å². The Morgan fingerprint density at radius 2 is 1.88 bits per heavy atom. The second kappa shape index (κ2) is 9.40. The SMILES string of the molecule is COC(=O)[C@@H](OC(C)=O)[C@H](/C=N/Nc1ccc(Cl)nn1)OC(C)=O. The molecule has 0 bridgehead atoms. The Morgan fingerprint density at radius 1 is 1.21 bits per heavy atom. The average Bonchev–Trinajstić information content (AvgIpc) is 2.52. The van der Waals surface area contributed by atoms with Crippen LogP contribution in [-0.4, -0.2) is 53.6 Å². The molecule has 10 nitrogen and oxygen atoms in total. The molecule has 1 aromatic rings. The Labute approximate surface area is 142 Å². The molecule has 1 aromatic heterocycles. The van der Waals surface area contributed by atoms with Crippen LogP contribution in [0.2, 0.25) is 5.15 Å².